The lowest BCUT2D eigenvalue weighted by Gasteiger charge is -2.43. The van der Waals surface area contributed by atoms with Gasteiger partial charge in [-0.1, -0.05) is 42.0 Å². The normalized spacial score (nSPS) is 29.6. The Bertz CT molecular complexity index is 691. The number of aryl methyl sites for hydroxylation is 1. The van der Waals surface area contributed by atoms with Gasteiger partial charge in [-0.3, -0.25) is 4.90 Å². The van der Waals surface area contributed by atoms with Gasteiger partial charge in [0.2, 0.25) is 0 Å². The highest BCUT2D eigenvalue weighted by Gasteiger charge is 2.46. The highest BCUT2D eigenvalue weighted by molar-refractivity contribution is 5.36. The first-order chi connectivity index (χ1) is 11.7. The molecule has 2 aliphatic heterocycles. The third kappa shape index (κ3) is 2.63. The summed E-state index contributed by atoms with van der Waals surface area (Å²) in [6, 6.07) is 19.4. The summed E-state index contributed by atoms with van der Waals surface area (Å²) in [5, 5.41) is 0. The van der Waals surface area contributed by atoms with E-state index in [9.17, 15) is 0 Å². The minimum absolute atomic E-state index is 0.572. The summed E-state index contributed by atoms with van der Waals surface area (Å²) in [4.78, 5) is 2.64. The van der Waals surface area contributed by atoms with E-state index in [-0.39, 0.29) is 0 Å². The Labute approximate surface area is 145 Å². The van der Waals surface area contributed by atoms with Gasteiger partial charge in [-0.25, -0.2) is 0 Å². The fourth-order valence-electron chi connectivity index (χ4n) is 4.90. The van der Waals surface area contributed by atoms with Gasteiger partial charge in [-0.05, 0) is 62.4 Å². The zero-order valence-electron chi connectivity index (χ0n) is 14.9. The summed E-state index contributed by atoms with van der Waals surface area (Å²) in [5.41, 5.74) is 4.31. The Morgan fingerprint density at radius 1 is 0.917 bits per heavy atom. The summed E-state index contributed by atoms with van der Waals surface area (Å²) in [6.45, 7) is 2.17. The first kappa shape index (κ1) is 15.7. The number of hydrogen-bond acceptors (Lipinski definition) is 2. The number of methoxy groups -OCH3 is 1. The van der Waals surface area contributed by atoms with Crippen LogP contribution in [0.15, 0.2) is 48.5 Å². The molecule has 2 bridgehead atoms. The van der Waals surface area contributed by atoms with Crippen LogP contribution < -0.4 is 4.74 Å². The Morgan fingerprint density at radius 3 is 2.25 bits per heavy atom. The lowest BCUT2D eigenvalue weighted by molar-refractivity contribution is 0.137. The van der Waals surface area contributed by atoms with Gasteiger partial charge >= 0.3 is 0 Å². The second-order valence-corrected chi connectivity index (χ2v) is 7.52. The van der Waals surface area contributed by atoms with Crippen molar-refractivity contribution in [1.29, 1.82) is 0 Å². The van der Waals surface area contributed by atoms with Crippen LogP contribution in [-0.4, -0.2) is 31.1 Å². The predicted octanol–water partition coefficient (Wildman–Crippen LogP) is 4.74. The average molecular weight is 321 g/mol. The van der Waals surface area contributed by atoms with Crippen LogP contribution >= 0.6 is 0 Å². The summed E-state index contributed by atoms with van der Waals surface area (Å²) in [6.07, 6.45) is 3.93. The molecule has 126 valence electrons. The van der Waals surface area contributed by atoms with E-state index in [0.29, 0.717) is 17.9 Å². The van der Waals surface area contributed by atoms with Crippen molar-refractivity contribution in [3.05, 3.63) is 65.2 Å². The molecule has 0 unspecified atom stereocenters. The molecule has 24 heavy (non-hydrogen) atoms. The minimum Gasteiger partial charge on any atom is -0.497 e. The molecule has 0 spiro atoms. The molecule has 2 heteroatoms. The Balaban J connectivity index is 1.73. The maximum absolute atomic E-state index is 5.35. The van der Waals surface area contributed by atoms with Crippen LogP contribution in [0.25, 0.3) is 0 Å². The van der Waals surface area contributed by atoms with Gasteiger partial charge in [-0.2, -0.15) is 0 Å². The molecule has 2 aromatic rings. The van der Waals surface area contributed by atoms with Crippen molar-refractivity contribution in [3.63, 3.8) is 0 Å². The zero-order valence-corrected chi connectivity index (χ0v) is 14.9. The molecule has 4 atom stereocenters. The van der Waals surface area contributed by atoms with Crippen LogP contribution in [-0.2, 0) is 0 Å². The van der Waals surface area contributed by atoms with E-state index in [1.807, 2.05) is 0 Å². The largest absolute Gasteiger partial charge is 0.497 e. The number of nitrogens with zero attached hydrogens (tertiary/aromatic N) is 1. The summed E-state index contributed by atoms with van der Waals surface area (Å²) >= 11 is 0. The van der Waals surface area contributed by atoms with Crippen LogP contribution in [0, 0.1) is 6.92 Å². The standard InChI is InChI=1S/C22H27NO/c1-15-4-6-16(7-5-15)20-14-18-10-13-21(23(18)2)22(20)17-8-11-19(24-3)12-9-17/h4-9,11-12,18,20-22H,10,13-14H2,1-3H3/t18-,20-,21+,22+/m0/s1. The van der Waals surface area contributed by atoms with E-state index >= 15 is 0 Å². The van der Waals surface area contributed by atoms with Crippen molar-refractivity contribution in [2.45, 2.75) is 50.1 Å². The third-order valence-corrected chi connectivity index (χ3v) is 6.27. The fraction of sp³-hybridized carbons (Fsp3) is 0.455. The molecular weight excluding hydrogens is 294 g/mol. The van der Waals surface area contributed by atoms with Crippen LogP contribution in [0.2, 0.25) is 0 Å². The molecule has 0 aliphatic carbocycles. The van der Waals surface area contributed by atoms with Crippen molar-refractivity contribution >= 4 is 0 Å². The lowest BCUT2D eigenvalue weighted by atomic mass is 9.72. The van der Waals surface area contributed by atoms with E-state index in [1.54, 1.807) is 7.11 Å². The summed E-state index contributed by atoms with van der Waals surface area (Å²) in [5.74, 6) is 2.13. The highest BCUT2D eigenvalue weighted by Crippen LogP contribution is 2.50. The molecule has 2 heterocycles. The van der Waals surface area contributed by atoms with Crippen LogP contribution in [0.4, 0.5) is 0 Å². The summed E-state index contributed by atoms with van der Waals surface area (Å²) < 4.78 is 5.35. The van der Waals surface area contributed by atoms with Gasteiger partial charge in [0.05, 0.1) is 7.11 Å². The zero-order chi connectivity index (χ0) is 16.7. The third-order valence-electron chi connectivity index (χ3n) is 6.27. The van der Waals surface area contributed by atoms with Crippen molar-refractivity contribution < 1.29 is 4.74 Å². The maximum atomic E-state index is 5.35. The number of likely N-dealkylation sites (N-methyl/N-ethyl adjacent to an activating group) is 1. The SMILES string of the molecule is COc1ccc([C@H]2[C@H]3CC[C@@H](C[C@H]2c2ccc(C)cc2)N3C)cc1. The van der Waals surface area contributed by atoms with Crippen LogP contribution in [0.1, 0.15) is 47.8 Å². The van der Waals surface area contributed by atoms with Gasteiger partial charge in [-0.15, -0.1) is 0 Å². The average Bonchev–Trinajstić information content (AvgIpc) is 2.85. The van der Waals surface area contributed by atoms with Crippen molar-refractivity contribution in [3.8, 4) is 5.75 Å². The quantitative estimate of drug-likeness (QED) is 0.810. The number of rotatable bonds is 3. The lowest BCUT2D eigenvalue weighted by Crippen LogP contribution is -2.44. The fourth-order valence-corrected chi connectivity index (χ4v) is 4.90. The van der Waals surface area contributed by atoms with Crippen molar-refractivity contribution in [2.24, 2.45) is 0 Å². The van der Waals surface area contributed by atoms with Gasteiger partial charge in [0.15, 0.2) is 0 Å². The molecule has 2 nitrogen and oxygen atoms in total. The van der Waals surface area contributed by atoms with Gasteiger partial charge in [0.1, 0.15) is 5.75 Å². The van der Waals surface area contributed by atoms with E-state index in [4.69, 9.17) is 4.74 Å². The van der Waals surface area contributed by atoms with E-state index < -0.39 is 0 Å². The van der Waals surface area contributed by atoms with Crippen molar-refractivity contribution in [2.75, 3.05) is 14.2 Å². The molecule has 2 saturated heterocycles. The molecule has 0 saturated carbocycles. The van der Waals surface area contributed by atoms with Crippen molar-refractivity contribution in [1.82, 2.24) is 4.90 Å². The Morgan fingerprint density at radius 2 is 1.58 bits per heavy atom. The molecule has 0 N–H and O–H groups in total. The van der Waals surface area contributed by atoms with Crippen LogP contribution in [0.5, 0.6) is 5.75 Å². The summed E-state index contributed by atoms with van der Waals surface area (Å²) in [7, 11) is 4.06. The monoisotopic (exact) mass is 321 g/mol. The minimum atomic E-state index is 0.572. The first-order valence-electron chi connectivity index (χ1n) is 9.10. The smallest absolute Gasteiger partial charge is 0.118 e. The Hall–Kier alpha value is -1.80. The molecule has 4 rings (SSSR count). The number of ether oxygens (including phenoxy) is 1. The van der Waals surface area contributed by atoms with E-state index in [2.05, 4.69) is 67.4 Å². The second-order valence-electron chi connectivity index (χ2n) is 7.52. The van der Waals surface area contributed by atoms with E-state index in [1.165, 1.54) is 36.0 Å². The molecule has 0 amide bonds. The van der Waals surface area contributed by atoms with E-state index in [0.717, 1.165) is 11.8 Å². The molecule has 2 aromatic carbocycles. The molecule has 2 aliphatic rings. The van der Waals surface area contributed by atoms with Gasteiger partial charge < -0.3 is 4.74 Å². The molecule has 2 fully saturated rings. The molecule has 0 radical (unpaired) electrons. The molecule has 0 aromatic heterocycles. The maximum Gasteiger partial charge on any atom is 0.118 e. The predicted molar refractivity (Wildman–Crippen MR) is 98.8 cm³/mol. The Kier molecular flexibility index (Phi) is 4.09. The van der Waals surface area contributed by atoms with Crippen LogP contribution in [0.3, 0.4) is 0 Å². The topological polar surface area (TPSA) is 12.5 Å². The highest BCUT2D eigenvalue weighted by atomic mass is 16.5. The molecular formula is C22H27NO. The number of piperidine rings is 1. The number of benzene rings is 2. The number of fused-ring (bicyclic) bond motifs is 2. The van der Waals surface area contributed by atoms with Gasteiger partial charge in [0.25, 0.3) is 0 Å². The second kappa shape index (κ2) is 6.25. The first-order valence-corrected chi connectivity index (χ1v) is 9.10. The van der Waals surface area contributed by atoms with Gasteiger partial charge in [0, 0.05) is 18.0 Å². The number of hydrogen-bond donors (Lipinski definition) is 0.